The van der Waals surface area contributed by atoms with Crippen LogP contribution in [0, 0.1) is 10.1 Å². The monoisotopic (exact) mass is 321 g/mol. The van der Waals surface area contributed by atoms with Crippen molar-refractivity contribution in [2.75, 3.05) is 12.4 Å². The minimum absolute atomic E-state index is 0.0209. The molecule has 2 aromatic heterocycles. The summed E-state index contributed by atoms with van der Waals surface area (Å²) in [5.74, 6) is -1.23. The van der Waals surface area contributed by atoms with Gasteiger partial charge >= 0.3 is 5.69 Å². The second kappa shape index (κ2) is 6.25. The molecule has 11 heteroatoms. The number of anilines is 1. The number of hydrogen-bond donors (Lipinski definition) is 2. The van der Waals surface area contributed by atoms with E-state index in [2.05, 4.69) is 20.8 Å². The highest BCUT2D eigenvalue weighted by Crippen LogP contribution is 2.20. The van der Waals surface area contributed by atoms with E-state index in [1.807, 2.05) is 6.92 Å². The predicted octanol–water partition coefficient (Wildman–Crippen LogP) is 0.157. The normalized spacial score (nSPS) is 10.4. The fourth-order valence-corrected chi connectivity index (χ4v) is 1.97. The Balaban J connectivity index is 2.38. The van der Waals surface area contributed by atoms with Crippen LogP contribution >= 0.6 is 0 Å². The summed E-state index contributed by atoms with van der Waals surface area (Å²) in [5.41, 5.74) is -0.462. The molecule has 0 aliphatic carbocycles. The lowest BCUT2D eigenvalue weighted by molar-refractivity contribution is -0.385. The van der Waals surface area contributed by atoms with Crippen molar-refractivity contribution >= 4 is 23.2 Å². The number of hydrogen-bond acceptors (Lipinski definition) is 6. The van der Waals surface area contributed by atoms with E-state index in [-0.39, 0.29) is 17.1 Å². The minimum atomic E-state index is -0.752. The third-order valence-electron chi connectivity index (χ3n) is 3.11. The Labute approximate surface area is 130 Å². The maximum Gasteiger partial charge on any atom is 0.320 e. The predicted molar refractivity (Wildman–Crippen MR) is 79.1 cm³/mol. The number of carbonyl (C=O) groups excluding carboxylic acids is 2. The largest absolute Gasteiger partial charge is 0.354 e. The maximum absolute atomic E-state index is 12.3. The summed E-state index contributed by atoms with van der Waals surface area (Å²) >= 11 is 0. The molecule has 2 aromatic rings. The van der Waals surface area contributed by atoms with Crippen molar-refractivity contribution in [1.29, 1.82) is 0 Å². The fourth-order valence-electron chi connectivity index (χ4n) is 1.97. The van der Waals surface area contributed by atoms with Crippen LogP contribution in [0.2, 0.25) is 0 Å². The Hall–Kier alpha value is -3.24. The van der Waals surface area contributed by atoms with E-state index in [9.17, 15) is 19.7 Å². The number of rotatable bonds is 5. The molecule has 0 saturated heterocycles. The van der Waals surface area contributed by atoms with Crippen LogP contribution in [0.4, 0.5) is 11.4 Å². The summed E-state index contributed by atoms with van der Waals surface area (Å²) in [6, 6.07) is 0. The van der Waals surface area contributed by atoms with Gasteiger partial charge in [0.1, 0.15) is 6.20 Å². The molecule has 2 rings (SSSR count). The molecule has 0 aliphatic heterocycles. The highest BCUT2D eigenvalue weighted by Gasteiger charge is 2.27. The molecule has 0 aromatic carbocycles. The molecule has 122 valence electrons. The molecule has 11 nitrogen and oxygen atoms in total. The number of nitrogens with zero attached hydrogens (tertiary/aromatic N) is 5. The molecular weight excluding hydrogens is 306 g/mol. The van der Waals surface area contributed by atoms with Gasteiger partial charge in [0.15, 0.2) is 5.69 Å². The molecule has 0 aliphatic rings. The molecule has 23 heavy (non-hydrogen) atoms. The smallest absolute Gasteiger partial charge is 0.320 e. The van der Waals surface area contributed by atoms with Crippen molar-refractivity contribution in [3.8, 4) is 0 Å². The number of carbonyl (C=O) groups is 2. The van der Waals surface area contributed by atoms with Gasteiger partial charge < -0.3 is 10.6 Å². The zero-order valence-electron chi connectivity index (χ0n) is 12.7. The van der Waals surface area contributed by atoms with E-state index in [1.165, 1.54) is 25.0 Å². The summed E-state index contributed by atoms with van der Waals surface area (Å²) in [7, 11) is 2.85. The Morgan fingerprint density at radius 3 is 2.65 bits per heavy atom. The average molecular weight is 321 g/mol. The zero-order valence-corrected chi connectivity index (χ0v) is 12.7. The summed E-state index contributed by atoms with van der Waals surface area (Å²) in [6.45, 7) is 2.31. The van der Waals surface area contributed by atoms with Crippen LogP contribution in [-0.2, 0) is 13.6 Å². The van der Waals surface area contributed by atoms with E-state index < -0.39 is 22.4 Å². The van der Waals surface area contributed by atoms with Gasteiger partial charge in [-0.3, -0.25) is 29.1 Å². The van der Waals surface area contributed by atoms with Gasteiger partial charge in [0.2, 0.25) is 5.69 Å². The molecule has 2 heterocycles. The number of nitrogens with one attached hydrogen (secondary N) is 2. The van der Waals surface area contributed by atoms with Crippen molar-refractivity contribution in [2.24, 2.45) is 7.05 Å². The Bertz CT molecular complexity index is 776. The molecule has 0 atom stereocenters. The van der Waals surface area contributed by atoms with Gasteiger partial charge in [0, 0.05) is 26.8 Å². The number of aryl methyl sites for hydroxylation is 2. The van der Waals surface area contributed by atoms with Crippen LogP contribution < -0.4 is 10.6 Å². The molecule has 0 radical (unpaired) electrons. The molecule has 0 saturated carbocycles. The summed E-state index contributed by atoms with van der Waals surface area (Å²) in [4.78, 5) is 34.4. The van der Waals surface area contributed by atoms with Crippen LogP contribution in [0.5, 0.6) is 0 Å². The fraction of sp³-hybridized carbons (Fsp3) is 0.333. The number of aromatic nitrogens is 4. The van der Waals surface area contributed by atoms with E-state index in [1.54, 1.807) is 0 Å². The lowest BCUT2D eigenvalue weighted by Crippen LogP contribution is -2.22. The van der Waals surface area contributed by atoms with Crippen molar-refractivity contribution in [2.45, 2.75) is 13.5 Å². The van der Waals surface area contributed by atoms with Crippen molar-refractivity contribution in [3.05, 3.63) is 33.9 Å². The average Bonchev–Trinajstić information content (AvgIpc) is 3.09. The zero-order chi connectivity index (χ0) is 17.1. The first kappa shape index (κ1) is 16.1. The third kappa shape index (κ3) is 3.02. The second-order valence-corrected chi connectivity index (χ2v) is 4.54. The van der Waals surface area contributed by atoms with Crippen LogP contribution in [0.25, 0.3) is 0 Å². The van der Waals surface area contributed by atoms with E-state index in [0.717, 1.165) is 10.9 Å². The molecule has 0 spiro atoms. The van der Waals surface area contributed by atoms with E-state index >= 15 is 0 Å². The first-order chi connectivity index (χ1) is 10.9. The molecule has 0 fully saturated rings. The number of nitro groups is 1. The van der Waals surface area contributed by atoms with Crippen LogP contribution in [0.15, 0.2) is 12.4 Å². The van der Waals surface area contributed by atoms with Gasteiger partial charge in [0.25, 0.3) is 11.8 Å². The molecule has 0 bridgehead atoms. The second-order valence-electron chi connectivity index (χ2n) is 4.54. The Morgan fingerprint density at radius 2 is 2.09 bits per heavy atom. The lowest BCUT2D eigenvalue weighted by atomic mass is 10.3. The lowest BCUT2D eigenvalue weighted by Gasteiger charge is -2.04. The van der Waals surface area contributed by atoms with Crippen molar-refractivity contribution in [3.63, 3.8) is 0 Å². The van der Waals surface area contributed by atoms with E-state index in [4.69, 9.17) is 0 Å². The SMILES string of the molecule is CCn1cc(NC(=O)c2c([N+](=O)[O-])cnn2C)c(C(=O)NC)n1. The van der Waals surface area contributed by atoms with E-state index in [0.29, 0.717) is 6.54 Å². The van der Waals surface area contributed by atoms with Gasteiger partial charge in [-0.1, -0.05) is 0 Å². The van der Waals surface area contributed by atoms with Crippen LogP contribution in [0.1, 0.15) is 27.9 Å². The van der Waals surface area contributed by atoms with Gasteiger partial charge in [-0.25, -0.2) is 0 Å². The Kier molecular flexibility index (Phi) is 4.39. The van der Waals surface area contributed by atoms with Gasteiger partial charge in [0.05, 0.1) is 10.6 Å². The standard InChI is InChI=1S/C12H15N7O4/c1-4-18-6-7(9(16-18)11(20)13-2)15-12(21)10-8(19(22)23)5-14-17(10)3/h5-6H,4H2,1-3H3,(H,13,20)(H,15,21). The summed E-state index contributed by atoms with van der Waals surface area (Å²) < 4.78 is 2.56. The Morgan fingerprint density at radius 1 is 1.39 bits per heavy atom. The van der Waals surface area contributed by atoms with Gasteiger partial charge in [-0.15, -0.1) is 0 Å². The van der Waals surface area contributed by atoms with Crippen molar-refractivity contribution in [1.82, 2.24) is 24.9 Å². The third-order valence-corrected chi connectivity index (χ3v) is 3.11. The van der Waals surface area contributed by atoms with Gasteiger partial charge in [-0.05, 0) is 6.92 Å². The summed E-state index contributed by atoms with van der Waals surface area (Å²) in [5, 5.41) is 23.6. The highest BCUT2D eigenvalue weighted by molar-refractivity contribution is 6.09. The number of amides is 2. The molecular formula is C12H15N7O4. The summed E-state index contributed by atoms with van der Waals surface area (Å²) in [6.07, 6.45) is 2.47. The van der Waals surface area contributed by atoms with Crippen molar-refractivity contribution < 1.29 is 14.5 Å². The van der Waals surface area contributed by atoms with Gasteiger partial charge in [-0.2, -0.15) is 10.2 Å². The topological polar surface area (TPSA) is 137 Å². The maximum atomic E-state index is 12.3. The first-order valence-corrected chi connectivity index (χ1v) is 6.66. The highest BCUT2D eigenvalue weighted by atomic mass is 16.6. The first-order valence-electron chi connectivity index (χ1n) is 6.66. The van der Waals surface area contributed by atoms with Crippen LogP contribution in [0.3, 0.4) is 0 Å². The molecule has 2 amide bonds. The minimum Gasteiger partial charge on any atom is -0.354 e. The molecule has 2 N–H and O–H groups in total. The van der Waals surface area contributed by atoms with Crippen LogP contribution in [-0.4, -0.2) is 43.3 Å². The molecule has 0 unspecified atom stereocenters. The quantitative estimate of drug-likeness (QED) is 0.594.